The molecule has 2 aromatic carbocycles. The quantitative estimate of drug-likeness (QED) is 0.661. The molecule has 150 valence electrons. The second kappa shape index (κ2) is 9.46. The monoisotopic (exact) mass is 444 g/mol. The first-order valence-corrected chi connectivity index (χ1v) is 10.7. The van der Waals surface area contributed by atoms with Crippen LogP contribution >= 0.6 is 15.9 Å². The molecule has 0 aliphatic carbocycles. The van der Waals surface area contributed by atoms with Crippen LogP contribution in [-0.4, -0.2) is 25.6 Å². The van der Waals surface area contributed by atoms with Crippen molar-refractivity contribution in [3.63, 3.8) is 0 Å². The first-order chi connectivity index (χ1) is 13.4. The van der Waals surface area contributed by atoms with E-state index in [0.717, 1.165) is 34.6 Å². The van der Waals surface area contributed by atoms with Gasteiger partial charge in [0.15, 0.2) is 6.61 Å². The van der Waals surface area contributed by atoms with E-state index in [-0.39, 0.29) is 18.6 Å². The Kier molecular flexibility index (Phi) is 7.00. The Balaban J connectivity index is 1.51. The zero-order chi connectivity index (χ0) is 20.1. The maximum atomic E-state index is 12.2. The van der Waals surface area contributed by atoms with Crippen molar-refractivity contribution in [1.82, 2.24) is 5.32 Å². The Hall–Kier alpha value is -2.01. The van der Waals surface area contributed by atoms with Crippen molar-refractivity contribution < 1.29 is 9.53 Å². The fraction of sp³-hybridized carbons (Fsp3) is 0.435. The highest BCUT2D eigenvalue weighted by molar-refractivity contribution is 9.10. The van der Waals surface area contributed by atoms with Gasteiger partial charge in [0.25, 0.3) is 5.91 Å². The Bertz CT molecular complexity index is 807. The first-order valence-electron chi connectivity index (χ1n) is 9.95. The number of anilines is 1. The summed E-state index contributed by atoms with van der Waals surface area (Å²) in [6, 6.07) is 14.2. The largest absolute Gasteiger partial charge is 0.484 e. The lowest BCUT2D eigenvalue weighted by Gasteiger charge is -2.33. The lowest BCUT2D eigenvalue weighted by molar-refractivity contribution is -0.123. The van der Waals surface area contributed by atoms with Crippen LogP contribution in [0.4, 0.5) is 5.69 Å². The molecule has 3 rings (SSSR count). The molecule has 1 aliphatic rings. The summed E-state index contributed by atoms with van der Waals surface area (Å²) in [7, 11) is 0. The van der Waals surface area contributed by atoms with Gasteiger partial charge in [0, 0.05) is 23.2 Å². The second-order valence-electron chi connectivity index (χ2n) is 7.77. The van der Waals surface area contributed by atoms with Crippen molar-refractivity contribution in [2.75, 3.05) is 24.6 Å². The Morgan fingerprint density at radius 2 is 2.04 bits per heavy atom. The molecule has 1 aliphatic heterocycles. The number of hydrogen-bond acceptors (Lipinski definition) is 3. The van der Waals surface area contributed by atoms with Crippen LogP contribution in [0.1, 0.15) is 43.9 Å². The molecular weight excluding hydrogens is 416 g/mol. The van der Waals surface area contributed by atoms with Gasteiger partial charge < -0.3 is 15.0 Å². The smallest absolute Gasteiger partial charge is 0.258 e. The maximum Gasteiger partial charge on any atom is 0.258 e. The Morgan fingerprint density at radius 3 is 2.71 bits per heavy atom. The number of ether oxygens (including phenoxy) is 1. The molecule has 4 nitrogen and oxygen atoms in total. The fourth-order valence-electron chi connectivity index (χ4n) is 3.62. The van der Waals surface area contributed by atoms with Crippen molar-refractivity contribution in [3.05, 3.63) is 58.1 Å². The van der Waals surface area contributed by atoms with Crippen LogP contribution in [0.5, 0.6) is 5.75 Å². The van der Waals surface area contributed by atoms with Gasteiger partial charge in [-0.1, -0.05) is 35.0 Å². The van der Waals surface area contributed by atoms with E-state index in [1.807, 2.05) is 32.0 Å². The van der Waals surface area contributed by atoms with E-state index in [4.69, 9.17) is 4.74 Å². The molecule has 0 unspecified atom stereocenters. The minimum atomic E-state index is -0.123. The van der Waals surface area contributed by atoms with Gasteiger partial charge in [-0.3, -0.25) is 4.79 Å². The molecule has 5 heteroatoms. The second-order valence-corrected chi connectivity index (χ2v) is 8.63. The molecule has 0 radical (unpaired) electrons. The van der Waals surface area contributed by atoms with Crippen LogP contribution in [0.3, 0.4) is 0 Å². The summed E-state index contributed by atoms with van der Waals surface area (Å²) in [6.07, 6.45) is 2.58. The number of carbonyl (C=O) groups excluding carboxylic acids is 1. The molecule has 1 saturated heterocycles. The molecule has 0 saturated carbocycles. The Labute approximate surface area is 176 Å². The number of benzene rings is 2. The molecule has 0 spiro atoms. The van der Waals surface area contributed by atoms with Crippen molar-refractivity contribution >= 4 is 27.5 Å². The van der Waals surface area contributed by atoms with Crippen LogP contribution in [-0.2, 0) is 4.79 Å². The highest BCUT2D eigenvalue weighted by atomic mass is 79.9. The van der Waals surface area contributed by atoms with Crippen molar-refractivity contribution in [2.24, 2.45) is 5.92 Å². The molecule has 2 aromatic rings. The highest BCUT2D eigenvalue weighted by Crippen LogP contribution is 2.25. The van der Waals surface area contributed by atoms with Gasteiger partial charge in [-0.05, 0) is 74.1 Å². The lowest BCUT2D eigenvalue weighted by atomic mass is 9.99. The van der Waals surface area contributed by atoms with Crippen molar-refractivity contribution in [2.45, 2.75) is 39.7 Å². The van der Waals surface area contributed by atoms with Crippen LogP contribution in [0.2, 0.25) is 0 Å². The van der Waals surface area contributed by atoms with Crippen LogP contribution in [0, 0.1) is 12.8 Å². The number of carbonyl (C=O) groups is 1. The molecular formula is C23H29BrN2O2. The average Bonchev–Trinajstić information content (AvgIpc) is 2.69. The molecule has 1 amide bonds. The third kappa shape index (κ3) is 5.51. The lowest BCUT2D eigenvalue weighted by Crippen LogP contribution is -2.34. The van der Waals surface area contributed by atoms with E-state index in [1.165, 1.54) is 18.5 Å². The summed E-state index contributed by atoms with van der Waals surface area (Å²) >= 11 is 3.46. The fourth-order valence-corrected chi connectivity index (χ4v) is 3.87. The van der Waals surface area contributed by atoms with Crippen LogP contribution in [0.25, 0.3) is 0 Å². The molecule has 1 heterocycles. The number of amides is 1. The summed E-state index contributed by atoms with van der Waals surface area (Å²) in [5.74, 6) is 1.33. The van der Waals surface area contributed by atoms with Gasteiger partial charge in [-0.15, -0.1) is 0 Å². The standard InChI is InChI=1S/C23H29BrN2O2/c1-16-5-4-12-26(14-16)20-8-6-19(7-9-20)18(3)25-23(27)15-28-21-10-11-22(24)17(2)13-21/h6-11,13,16,18H,4-5,12,14-15H2,1-3H3,(H,25,27)/t16-,18+/m0/s1. The minimum Gasteiger partial charge on any atom is -0.484 e. The summed E-state index contributed by atoms with van der Waals surface area (Å²) in [6.45, 7) is 8.57. The van der Waals surface area contributed by atoms with Crippen LogP contribution < -0.4 is 15.0 Å². The zero-order valence-electron chi connectivity index (χ0n) is 16.9. The van der Waals surface area contributed by atoms with E-state index in [2.05, 4.69) is 57.3 Å². The van der Waals surface area contributed by atoms with Gasteiger partial charge in [0.05, 0.1) is 6.04 Å². The van der Waals surface area contributed by atoms with Gasteiger partial charge in [0.2, 0.25) is 0 Å². The van der Waals surface area contributed by atoms with Gasteiger partial charge in [0.1, 0.15) is 5.75 Å². The number of nitrogens with zero attached hydrogens (tertiary/aromatic N) is 1. The predicted molar refractivity (Wildman–Crippen MR) is 118 cm³/mol. The molecule has 28 heavy (non-hydrogen) atoms. The number of piperidine rings is 1. The number of rotatable bonds is 6. The summed E-state index contributed by atoms with van der Waals surface area (Å²) < 4.78 is 6.64. The summed E-state index contributed by atoms with van der Waals surface area (Å²) in [4.78, 5) is 14.7. The van der Waals surface area contributed by atoms with Crippen LogP contribution in [0.15, 0.2) is 46.9 Å². The van der Waals surface area contributed by atoms with E-state index in [0.29, 0.717) is 5.75 Å². The van der Waals surface area contributed by atoms with Crippen molar-refractivity contribution in [1.29, 1.82) is 0 Å². The zero-order valence-corrected chi connectivity index (χ0v) is 18.5. The summed E-state index contributed by atoms with van der Waals surface area (Å²) in [5.41, 5.74) is 3.44. The third-order valence-corrected chi connectivity index (χ3v) is 6.18. The number of aryl methyl sites for hydroxylation is 1. The van der Waals surface area contributed by atoms with Gasteiger partial charge in [-0.2, -0.15) is 0 Å². The van der Waals surface area contributed by atoms with E-state index < -0.39 is 0 Å². The highest BCUT2D eigenvalue weighted by Gasteiger charge is 2.17. The van der Waals surface area contributed by atoms with E-state index >= 15 is 0 Å². The first kappa shape index (κ1) is 20.7. The molecule has 2 atom stereocenters. The third-order valence-electron chi connectivity index (χ3n) is 5.29. The summed E-state index contributed by atoms with van der Waals surface area (Å²) in [5, 5.41) is 3.01. The SMILES string of the molecule is Cc1cc(OCC(=O)N[C@H](C)c2ccc(N3CCC[C@H](C)C3)cc2)ccc1Br. The van der Waals surface area contributed by atoms with Gasteiger partial charge in [-0.25, -0.2) is 0 Å². The molecule has 1 fully saturated rings. The number of nitrogens with one attached hydrogen (secondary N) is 1. The Morgan fingerprint density at radius 1 is 1.29 bits per heavy atom. The number of halogens is 1. The van der Waals surface area contributed by atoms with E-state index in [9.17, 15) is 4.79 Å². The van der Waals surface area contributed by atoms with Gasteiger partial charge >= 0.3 is 0 Å². The molecule has 1 N–H and O–H groups in total. The van der Waals surface area contributed by atoms with E-state index in [1.54, 1.807) is 0 Å². The average molecular weight is 445 g/mol. The predicted octanol–water partition coefficient (Wildman–Crippen LogP) is 5.25. The molecule has 0 aromatic heterocycles. The maximum absolute atomic E-state index is 12.2. The minimum absolute atomic E-state index is 0.00909. The normalized spacial score (nSPS) is 17.9. The van der Waals surface area contributed by atoms with Crippen molar-refractivity contribution in [3.8, 4) is 5.75 Å². The number of hydrogen-bond donors (Lipinski definition) is 1. The molecule has 0 bridgehead atoms. The topological polar surface area (TPSA) is 41.6 Å².